The quantitative estimate of drug-likeness (QED) is 0.497. The molecular formula is C14H12Br2Cl2. The molecule has 0 heterocycles. The lowest BCUT2D eigenvalue weighted by molar-refractivity contribution is 1.44. The maximum absolute atomic E-state index is 5.70. The zero-order valence-corrected chi connectivity index (χ0v) is 14.2. The standard InChI is InChI=1S/2C7H6BrCl/c2*8-5-6-2-1-3-7(9)4-6/h2*1-4H,5H2. The van der Waals surface area contributed by atoms with Crippen LogP contribution in [-0.2, 0) is 10.7 Å². The van der Waals surface area contributed by atoms with Crippen molar-refractivity contribution in [1.29, 1.82) is 0 Å². The number of hydrogen-bond donors (Lipinski definition) is 0. The van der Waals surface area contributed by atoms with E-state index in [0.29, 0.717) is 0 Å². The van der Waals surface area contributed by atoms with E-state index in [1.165, 1.54) is 11.1 Å². The zero-order chi connectivity index (χ0) is 13.4. The third-order valence-corrected chi connectivity index (χ3v) is 3.85. The summed E-state index contributed by atoms with van der Waals surface area (Å²) < 4.78 is 0. The van der Waals surface area contributed by atoms with Gasteiger partial charge in [0.15, 0.2) is 0 Å². The van der Waals surface area contributed by atoms with Gasteiger partial charge in [0, 0.05) is 20.7 Å². The molecule has 0 amide bonds. The molecule has 0 fully saturated rings. The molecule has 0 spiro atoms. The predicted octanol–water partition coefficient (Wildman–Crippen LogP) is 6.47. The Labute approximate surface area is 135 Å². The topological polar surface area (TPSA) is 0 Å². The number of benzene rings is 2. The molecule has 2 rings (SSSR count). The fourth-order valence-electron chi connectivity index (χ4n) is 1.24. The molecule has 0 unspecified atom stereocenters. The summed E-state index contributed by atoms with van der Waals surface area (Å²) in [6.07, 6.45) is 0. The molecule has 0 bridgehead atoms. The largest absolute Gasteiger partial charge is 0.0876 e. The maximum Gasteiger partial charge on any atom is 0.0409 e. The Morgan fingerprint density at radius 2 is 1.11 bits per heavy atom. The van der Waals surface area contributed by atoms with E-state index in [0.717, 1.165) is 20.7 Å². The average Bonchev–Trinajstić information content (AvgIpc) is 2.39. The van der Waals surface area contributed by atoms with Crippen LogP contribution in [0, 0.1) is 0 Å². The molecule has 0 atom stereocenters. The predicted molar refractivity (Wildman–Crippen MR) is 88.2 cm³/mol. The highest BCUT2D eigenvalue weighted by Gasteiger charge is 1.89. The van der Waals surface area contributed by atoms with E-state index < -0.39 is 0 Å². The van der Waals surface area contributed by atoms with Gasteiger partial charge in [-0.25, -0.2) is 0 Å². The van der Waals surface area contributed by atoms with Crippen LogP contribution >= 0.6 is 55.1 Å². The number of alkyl halides is 2. The molecule has 18 heavy (non-hydrogen) atoms. The van der Waals surface area contributed by atoms with E-state index in [4.69, 9.17) is 23.2 Å². The molecule has 0 radical (unpaired) electrons. The first kappa shape index (κ1) is 16.0. The van der Waals surface area contributed by atoms with Crippen molar-refractivity contribution < 1.29 is 0 Å². The Bertz CT molecular complexity index is 441. The minimum atomic E-state index is 0.798. The Morgan fingerprint density at radius 1 is 0.722 bits per heavy atom. The summed E-state index contributed by atoms with van der Waals surface area (Å²) in [5, 5.41) is 3.33. The van der Waals surface area contributed by atoms with Crippen molar-refractivity contribution in [1.82, 2.24) is 0 Å². The summed E-state index contributed by atoms with van der Waals surface area (Å²) in [5.74, 6) is 0. The van der Waals surface area contributed by atoms with Crippen molar-refractivity contribution in [2.45, 2.75) is 10.7 Å². The normalized spacial score (nSPS) is 9.56. The molecule has 0 saturated carbocycles. The first-order valence-corrected chi connectivity index (χ1v) is 8.26. The monoisotopic (exact) mass is 408 g/mol. The fourth-order valence-corrected chi connectivity index (χ4v) is 2.36. The molecule has 4 heteroatoms. The summed E-state index contributed by atoms with van der Waals surface area (Å²) in [7, 11) is 0. The van der Waals surface area contributed by atoms with Crippen LogP contribution < -0.4 is 0 Å². The average molecular weight is 411 g/mol. The summed E-state index contributed by atoms with van der Waals surface area (Å²) in [6.45, 7) is 0. The highest BCUT2D eigenvalue weighted by atomic mass is 79.9. The molecule has 2 aromatic carbocycles. The lowest BCUT2D eigenvalue weighted by Gasteiger charge is -1.92. The van der Waals surface area contributed by atoms with Crippen LogP contribution in [0.5, 0.6) is 0 Å². The smallest absolute Gasteiger partial charge is 0.0409 e. The third-order valence-electron chi connectivity index (χ3n) is 2.09. The van der Waals surface area contributed by atoms with E-state index >= 15 is 0 Å². The van der Waals surface area contributed by atoms with E-state index in [1.807, 2.05) is 48.5 Å². The molecule has 2 aromatic rings. The molecule has 0 aliphatic heterocycles. The lowest BCUT2D eigenvalue weighted by Crippen LogP contribution is -1.73. The number of halogens is 4. The van der Waals surface area contributed by atoms with Crippen molar-refractivity contribution in [3.63, 3.8) is 0 Å². The van der Waals surface area contributed by atoms with Crippen LogP contribution in [0.25, 0.3) is 0 Å². The van der Waals surface area contributed by atoms with Gasteiger partial charge in [0.25, 0.3) is 0 Å². The van der Waals surface area contributed by atoms with Gasteiger partial charge in [-0.2, -0.15) is 0 Å². The highest BCUT2D eigenvalue weighted by Crippen LogP contribution is 2.13. The van der Waals surface area contributed by atoms with Crippen LogP contribution in [0.1, 0.15) is 11.1 Å². The molecule has 96 valence electrons. The van der Waals surface area contributed by atoms with Gasteiger partial charge in [-0.1, -0.05) is 79.3 Å². The van der Waals surface area contributed by atoms with Crippen LogP contribution in [0.2, 0.25) is 10.0 Å². The van der Waals surface area contributed by atoms with Crippen LogP contribution in [0.15, 0.2) is 48.5 Å². The molecule has 0 N–H and O–H groups in total. The summed E-state index contributed by atoms with van der Waals surface area (Å²) in [4.78, 5) is 0. The first-order chi connectivity index (χ1) is 8.65. The molecular weight excluding hydrogens is 399 g/mol. The van der Waals surface area contributed by atoms with Crippen molar-refractivity contribution in [2.24, 2.45) is 0 Å². The molecule has 0 aromatic heterocycles. The van der Waals surface area contributed by atoms with Crippen molar-refractivity contribution in [2.75, 3.05) is 0 Å². The number of rotatable bonds is 2. The molecule has 0 saturated heterocycles. The van der Waals surface area contributed by atoms with E-state index in [9.17, 15) is 0 Å². The second-order valence-corrected chi connectivity index (χ2v) is 5.52. The summed E-state index contributed by atoms with van der Waals surface area (Å²) in [6, 6.07) is 15.6. The lowest BCUT2D eigenvalue weighted by atomic mass is 10.2. The Balaban J connectivity index is 0.000000180. The van der Waals surface area contributed by atoms with Crippen molar-refractivity contribution >= 4 is 55.1 Å². The zero-order valence-electron chi connectivity index (χ0n) is 9.54. The van der Waals surface area contributed by atoms with Gasteiger partial charge in [-0.05, 0) is 35.4 Å². The Hall–Kier alpha value is -0.0200. The minimum Gasteiger partial charge on any atom is -0.0876 e. The highest BCUT2D eigenvalue weighted by molar-refractivity contribution is 9.08. The summed E-state index contributed by atoms with van der Waals surface area (Å²) >= 11 is 18.1. The van der Waals surface area contributed by atoms with Crippen LogP contribution in [0.4, 0.5) is 0 Å². The first-order valence-electron chi connectivity index (χ1n) is 5.26. The molecule has 0 nitrogen and oxygen atoms in total. The Kier molecular flexibility index (Phi) is 8.00. The second kappa shape index (κ2) is 8.98. The van der Waals surface area contributed by atoms with Gasteiger partial charge >= 0.3 is 0 Å². The van der Waals surface area contributed by atoms with Gasteiger partial charge in [-0.15, -0.1) is 0 Å². The van der Waals surface area contributed by atoms with E-state index in [-0.39, 0.29) is 0 Å². The van der Waals surface area contributed by atoms with Crippen LogP contribution in [-0.4, -0.2) is 0 Å². The van der Waals surface area contributed by atoms with E-state index in [2.05, 4.69) is 31.9 Å². The fraction of sp³-hybridized carbons (Fsp3) is 0.143. The Morgan fingerprint density at radius 3 is 1.33 bits per heavy atom. The van der Waals surface area contributed by atoms with Gasteiger partial charge in [0.1, 0.15) is 0 Å². The van der Waals surface area contributed by atoms with Gasteiger partial charge in [0.2, 0.25) is 0 Å². The molecule has 0 aliphatic rings. The van der Waals surface area contributed by atoms with Crippen molar-refractivity contribution in [3.05, 3.63) is 69.7 Å². The van der Waals surface area contributed by atoms with Gasteiger partial charge < -0.3 is 0 Å². The second-order valence-electron chi connectivity index (χ2n) is 3.53. The maximum atomic E-state index is 5.70. The third kappa shape index (κ3) is 6.24. The minimum absolute atomic E-state index is 0.798. The SMILES string of the molecule is Clc1cccc(CBr)c1.Clc1cccc(CBr)c1. The van der Waals surface area contributed by atoms with Crippen molar-refractivity contribution in [3.8, 4) is 0 Å². The molecule has 0 aliphatic carbocycles. The van der Waals surface area contributed by atoms with E-state index in [1.54, 1.807) is 0 Å². The van der Waals surface area contributed by atoms with Crippen LogP contribution in [0.3, 0.4) is 0 Å². The number of hydrogen-bond acceptors (Lipinski definition) is 0. The summed E-state index contributed by atoms with van der Waals surface area (Å²) in [5.41, 5.74) is 2.42. The van der Waals surface area contributed by atoms with Gasteiger partial charge in [0.05, 0.1) is 0 Å². The van der Waals surface area contributed by atoms with Gasteiger partial charge in [-0.3, -0.25) is 0 Å².